The molecule has 82 valence electrons. The van der Waals surface area contributed by atoms with Crippen molar-refractivity contribution >= 4 is 0 Å². The average molecular weight is 206 g/mol. The zero-order valence-electron chi connectivity index (χ0n) is 9.15. The number of hydrogen-bond donors (Lipinski definition) is 1. The first-order chi connectivity index (χ1) is 7.36. The van der Waals surface area contributed by atoms with E-state index in [9.17, 15) is 0 Å². The van der Waals surface area contributed by atoms with Crippen molar-refractivity contribution in [3.8, 4) is 0 Å². The molecule has 0 spiro atoms. The molecule has 15 heavy (non-hydrogen) atoms. The molecule has 2 rings (SSSR count). The smallest absolute Gasteiger partial charge is 0.0570 e. The summed E-state index contributed by atoms with van der Waals surface area (Å²) in [7, 11) is 0. The Labute approximate surface area is 90.9 Å². The molecule has 0 aliphatic carbocycles. The first kappa shape index (κ1) is 10.6. The lowest BCUT2D eigenvalue weighted by atomic mass is 10.1. The van der Waals surface area contributed by atoms with Crippen LogP contribution in [0.3, 0.4) is 0 Å². The standard InChI is InChI=1S/C12H18N2O/c1-10(12-4-2-3-6-13-12)14-8-11-5-7-15-9-11/h2-4,6,10-11,14H,5,7-9H2,1H3/t10-,11?/m0/s1. The summed E-state index contributed by atoms with van der Waals surface area (Å²) in [5.74, 6) is 0.677. The molecular weight excluding hydrogens is 188 g/mol. The molecule has 1 aliphatic rings. The van der Waals surface area contributed by atoms with Crippen molar-refractivity contribution in [2.75, 3.05) is 19.8 Å². The van der Waals surface area contributed by atoms with Gasteiger partial charge in [0.1, 0.15) is 0 Å². The number of pyridine rings is 1. The number of aromatic nitrogens is 1. The third-order valence-corrected chi connectivity index (χ3v) is 2.87. The fourth-order valence-corrected chi connectivity index (χ4v) is 1.82. The van der Waals surface area contributed by atoms with E-state index in [4.69, 9.17) is 4.74 Å². The van der Waals surface area contributed by atoms with E-state index in [0.717, 1.165) is 25.5 Å². The molecule has 3 nitrogen and oxygen atoms in total. The van der Waals surface area contributed by atoms with E-state index >= 15 is 0 Å². The maximum atomic E-state index is 5.34. The zero-order valence-corrected chi connectivity index (χ0v) is 9.15. The SMILES string of the molecule is C[C@H](NCC1CCOC1)c1ccccn1. The van der Waals surface area contributed by atoms with Gasteiger partial charge in [-0.25, -0.2) is 0 Å². The molecule has 0 amide bonds. The van der Waals surface area contributed by atoms with Gasteiger partial charge in [-0.2, -0.15) is 0 Å². The Morgan fingerprint density at radius 1 is 1.60 bits per heavy atom. The maximum Gasteiger partial charge on any atom is 0.0570 e. The van der Waals surface area contributed by atoms with E-state index in [1.165, 1.54) is 6.42 Å². The number of nitrogens with zero attached hydrogens (tertiary/aromatic N) is 1. The van der Waals surface area contributed by atoms with E-state index in [0.29, 0.717) is 12.0 Å². The molecular formula is C12H18N2O. The van der Waals surface area contributed by atoms with Crippen LogP contribution in [0.25, 0.3) is 0 Å². The van der Waals surface area contributed by atoms with Crippen molar-refractivity contribution < 1.29 is 4.74 Å². The molecule has 1 aromatic rings. The third kappa shape index (κ3) is 3.01. The summed E-state index contributed by atoms with van der Waals surface area (Å²) < 4.78 is 5.34. The lowest BCUT2D eigenvalue weighted by molar-refractivity contribution is 0.184. The second-order valence-corrected chi connectivity index (χ2v) is 4.11. The number of hydrogen-bond acceptors (Lipinski definition) is 3. The third-order valence-electron chi connectivity index (χ3n) is 2.87. The van der Waals surface area contributed by atoms with E-state index < -0.39 is 0 Å². The van der Waals surface area contributed by atoms with E-state index in [2.05, 4.69) is 23.3 Å². The minimum atomic E-state index is 0.326. The normalized spacial score (nSPS) is 22.9. The van der Waals surface area contributed by atoms with Crippen LogP contribution in [-0.4, -0.2) is 24.7 Å². The predicted octanol–water partition coefficient (Wildman–Crippen LogP) is 1.77. The summed E-state index contributed by atoms with van der Waals surface area (Å²) in [6.45, 7) is 5.00. The van der Waals surface area contributed by atoms with Crippen molar-refractivity contribution in [3.05, 3.63) is 30.1 Å². The van der Waals surface area contributed by atoms with Gasteiger partial charge < -0.3 is 10.1 Å². The minimum Gasteiger partial charge on any atom is -0.381 e. The maximum absolute atomic E-state index is 5.34. The van der Waals surface area contributed by atoms with Crippen molar-refractivity contribution in [3.63, 3.8) is 0 Å². The number of rotatable bonds is 4. The molecule has 1 aliphatic heterocycles. The monoisotopic (exact) mass is 206 g/mol. The van der Waals surface area contributed by atoms with Crippen LogP contribution in [0.4, 0.5) is 0 Å². The lowest BCUT2D eigenvalue weighted by Crippen LogP contribution is -2.26. The van der Waals surface area contributed by atoms with Gasteiger partial charge in [-0.05, 0) is 31.4 Å². The Morgan fingerprint density at radius 2 is 2.53 bits per heavy atom. The van der Waals surface area contributed by atoms with Crippen LogP contribution in [0, 0.1) is 5.92 Å². The zero-order chi connectivity index (χ0) is 10.5. The fraction of sp³-hybridized carbons (Fsp3) is 0.583. The van der Waals surface area contributed by atoms with Gasteiger partial charge in [0.15, 0.2) is 0 Å². The van der Waals surface area contributed by atoms with Crippen LogP contribution in [0.1, 0.15) is 25.1 Å². The largest absolute Gasteiger partial charge is 0.381 e. The highest BCUT2D eigenvalue weighted by atomic mass is 16.5. The van der Waals surface area contributed by atoms with Gasteiger partial charge in [0, 0.05) is 25.4 Å². The van der Waals surface area contributed by atoms with Gasteiger partial charge in [0.05, 0.1) is 12.3 Å². The Balaban J connectivity index is 1.79. The van der Waals surface area contributed by atoms with Crippen LogP contribution in [-0.2, 0) is 4.74 Å². The molecule has 3 heteroatoms. The summed E-state index contributed by atoms with van der Waals surface area (Å²) in [4.78, 5) is 4.33. The van der Waals surface area contributed by atoms with Crippen LogP contribution in [0.15, 0.2) is 24.4 Å². The van der Waals surface area contributed by atoms with Crippen molar-refractivity contribution in [2.45, 2.75) is 19.4 Å². The molecule has 0 radical (unpaired) electrons. The highest BCUT2D eigenvalue weighted by Gasteiger charge is 2.16. The van der Waals surface area contributed by atoms with Crippen LogP contribution in [0.5, 0.6) is 0 Å². The van der Waals surface area contributed by atoms with Gasteiger partial charge in [0.2, 0.25) is 0 Å². The summed E-state index contributed by atoms with van der Waals surface area (Å²) in [5.41, 5.74) is 1.11. The van der Waals surface area contributed by atoms with Crippen LogP contribution in [0.2, 0.25) is 0 Å². The molecule has 2 heterocycles. The quantitative estimate of drug-likeness (QED) is 0.815. The molecule has 0 aromatic carbocycles. The topological polar surface area (TPSA) is 34.1 Å². The van der Waals surface area contributed by atoms with E-state index in [1.54, 1.807) is 0 Å². The highest BCUT2D eigenvalue weighted by molar-refractivity contribution is 5.07. The lowest BCUT2D eigenvalue weighted by Gasteiger charge is -2.15. The fourth-order valence-electron chi connectivity index (χ4n) is 1.82. The van der Waals surface area contributed by atoms with Crippen molar-refractivity contribution in [2.24, 2.45) is 5.92 Å². The molecule has 1 aromatic heterocycles. The predicted molar refractivity (Wildman–Crippen MR) is 59.6 cm³/mol. The average Bonchev–Trinajstić information content (AvgIpc) is 2.80. The van der Waals surface area contributed by atoms with Gasteiger partial charge in [-0.15, -0.1) is 0 Å². The van der Waals surface area contributed by atoms with Gasteiger partial charge >= 0.3 is 0 Å². The van der Waals surface area contributed by atoms with Crippen molar-refractivity contribution in [1.29, 1.82) is 0 Å². The Kier molecular flexibility index (Phi) is 3.69. The summed E-state index contributed by atoms with van der Waals surface area (Å²) >= 11 is 0. The summed E-state index contributed by atoms with van der Waals surface area (Å²) in [6.07, 6.45) is 3.02. The second kappa shape index (κ2) is 5.24. The van der Waals surface area contributed by atoms with E-state index in [1.807, 2.05) is 18.3 Å². The summed E-state index contributed by atoms with van der Waals surface area (Å²) in [5, 5.41) is 3.50. The number of ether oxygens (including phenoxy) is 1. The first-order valence-electron chi connectivity index (χ1n) is 5.58. The number of nitrogens with one attached hydrogen (secondary N) is 1. The molecule has 1 saturated heterocycles. The minimum absolute atomic E-state index is 0.326. The Morgan fingerprint density at radius 3 is 3.20 bits per heavy atom. The van der Waals surface area contributed by atoms with Gasteiger partial charge in [0.25, 0.3) is 0 Å². The molecule has 0 saturated carbocycles. The Hall–Kier alpha value is -0.930. The highest BCUT2D eigenvalue weighted by Crippen LogP contribution is 2.13. The first-order valence-corrected chi connectivity index (χ1v) is 5.58. The van der Waals surface area contributed by atoms with Gasteiger partial charge in [-0.1, -0.05) is 6.07 Å². The van der Waals surface area contributed by atoms with Crippen LogP contribution >= 0.6 is 0 Å². The molecule has 1 fully saturated rings. The van der Waals surface area contributed by atoms with Crippen molar-refractivity contribution in [1.82, 2.24) is 10.3 Å². The molecule has 0 bridgehead atoms. The Bertz CT molecular complexity index is 283. The molecule has 1 unspecified atom stereocenters. The molecule has 2 atom stereocenters. The molecule has 1 N–H and O–H groups in total. The summed E-state index contributed by atoms with van der Waals surface area (Å²) in [6, 6.07) is 6.36. The van der Waals surface area contributed by atoms with Crippen LogP contribution < -0.4 is 5.32 Å². The van der Waals surface area contributed by atoms with Gasteiger partial charge in [-0.3, -0.25) is 4.98 Å². The van der Waals surface area contributed by atoms with E-state index in [-0.39, 0.29) is 0 Å². The second-order valence-electron chi connectivity index (χ2n) is 4.11.